The van der Waals surface area contributed by atoms with Gasteiger partial charge in [-0.15, -0.1) is 11.3 Å². The maximum Gasteiger partial charge on any atom is 0.243 e. The SMILES string of the molecule is COc1ccc(CCN(Cc2cccs2)C(=O)CN(C2CCCCC2)S(=O)(=O)c2ccc3ccccc3c2)cc1OC. The van der Waals surface area contributed by atoms with Gasteiger partial charge < -0.3 is 14.4 Å². The first-order chi connectivity index (χ1) is 20.4. The first-order valence-corrected chi connectivity index (χ1v) is 16.7. The molecule has 1 heterocycles. The smallest absolute Gasteiger partial charge is 0.243 e. The van der Waals surface area contributed by atoms with Gasteiger partial charge in [0.15, 0.2) is 11.5 Å². The molecule has 4 aromatic rings. The van der Waals surface area contributed by atoms with E-state index >= 15 is 0 Å². The largest absolute Gasteiger partial charge is 0.493 e. The van der Waals surface area contributed by atoms with Crippen molar-refractivity contribution in [3.05, 3.63) is 88.6 Å². The second kappa shape index (κ2) is 13.7. The number of ether oxygens (including phenoxy) is 2. The van der Waals surface area contributed by atoms with Gasteiger partial charge in [0, 0.05) is 17.5 Å². The van der Waals surface area contributed by atoms with Crippen LogP contribution in [0.4, 0.5) is 0 Å². The van der Waals surface area contributed by atoms with Crippen molar-refractivity contribution in [2.45, 2.75) is 56.0 Å². The fourth-order valence-corrected chi connectivity index (χ4v) is 8.05. The highest BCUT2D eigenvalue weighted by atomic mass is 32.2. The number of methoxy groups -OCH3 is 2. The van der Waals surface area contributed by atoms with Crippen molar-refractivity contribution in [2.75, 3.05) is 27.3 Å². The van der Waals surface area contributed by atoms with E-state index in [0.29, 0.717) is 31.0 Å². The summed E-state index contributed by atoms with van der Waals surface area (Å²) in [5.41, 5.74) is 1.00. The van der Waals surface area contributed by atoms with E-state index in [1.807, 2.05) is 66.0 Å². The van der Waals surface area contributed by atoms with Crippen LogP contribution in [0, 0.1) is 0 Å². The Bertz CT molecular complexity index is 1600. The topological polar surface area (TPSA) is 76.2 Å². The molecule has 9 heteroatoms. The standard InChI is InChI=1S/C33H38N2O5S2/c1-39-31-17-14-25(21-32(31)40-2)18-19-34(23-29-13-8-20-41-29)33(36)24-35(28-11-4-3-5-12-28)42(37,38)30-16-15-26-9-6-7-10-27(26)22-30/h6-10,13-17,20-22,28H,3-5,11-12,18-19,23-24H2,1-2H3. The van der Waals surface area contributed by atoms with Crippen molar-refractivity contribution in [2.24, 2.45) is 0 Å². The van der Waals surface area contributed by atoms with Gasteiger partial charge in [-0.05, 0) is 71.3 Å². The van der Waals surface area contributed by atoms with Crippen LogP contribution >= 0.6 is 11.3 Å². The molecule has 7 nitrogen and oxygen atoms in total. The van der Waals surface area contributed by atoms with Gasteiger partial charge in [0.25, 0.3) is 0 Å². The van der Waals surface area contributed by atoms with Crippen LogP contribution in [0.15, 0.2) is 83.1 Å². The molecule has 1 aromatic heterocycles. The van der Waals surface area contributed by atoms with Crippen molar-refractivity contribution >= 4 is 38.0 Å². The lowest BCUT2D eigenvalue weighted by molar-refractivity contribution is -0.132. The Hall–Kier alpha value is -3.40. The fraction of sp³-hybridized carbons (Fsp3) is 0.364. The van der Waals surface area contributed by atoms with Crippen LogP contribution in [0.2, 0.25) is 0 Å². The average molecular weight is 607 g/mol. The predicted molar refractivity (Wildman–Crippen MR) is 168 cm³/mol. The number of benzene rings is 3. The van der Waals surface area contributed by atoms with Crippen molar-refractivity contribution in [1.82, 2.24) is 9.21 Å². The number of hydrogen-bond acceptors (Lipinski definition) is 6. The second-order valence-corrected chi connectivity index (χ2v) is 13.6. The Morgan fingerprint density at radius 1 is 0.881 bits per heavy atom. The third-order valence-electron chi connectivity index (χ3n) is 8.00. The molecular weight excluding hydrogens is 569 g/mol. The molecule has 222 valence electrons. The Morgan fingerprint density at radius 2 is 1.64 bits per heavy atom. The zero-order valence-electron chi connectivity index (χ0n) is 24.2. The minimum Gasteiger partial charge on any atom is -0.493 e. The van der Waals surface area contributed by atoms with Gasteiger partial charge in [-0.1, -0.05) is 61.7 Å². The van der Waals surface area contributed by atoms with Gasteiger partial charge in [0.05, 0.1) is 32.2 Å². The lowest BCUT2D eigenvalue weighted by Crippen LogP contribution is -2.48. The molecule has 0 radical (unpaired) electrons. The summed E-state index contributed by atoms with van der Waals surface area (Å²) in [5.74, 6) is 1.09. The lowest BCUT2D eigenvalue weighted by Gasteiger charge is -2.34. The van der Waals surface area contributed by atoms with E-state index in [1.54, 1.807) is 42.6 Å². The Morgan fingerprint density at radius 3 is 2.36 bits per heavy atom. The summed E-state index contributed by atoms with van der Waals surface area (Å²) < 4.78 is 40.7. The number of carbonyl (C=O) groups excluding carboxylic acids is 1. The lowest BCUT2D eigenvalue weighted by atomic mass is 9.95. The molecule has 5 rings (SSSR count). The van der Waals surface area contributed by atoms with Crippen LogP contribution in [0.5, 0.6) is 11.5 Å². The van der Waals surface area contributed by atoms with Crippen molar-refractivity contribution in [1.29, 1.82) is 0 Å². The number of rotatable bonds is 12. The van der Waals surface area contributed by atoms with Crippen molar-refractivity contribution in [3.8, 4) is 11.5 Å². The number of hydrogen-bond donors (Lipinski definition) is 0. The highest BCUT2D eigenvalue weighted by molar-refractivity contribution is 7.89. The number of nitrogens with zero attached hydrogens (tertiary/aromatic N) is 2. The second-order valence-electron chi connectivity index (χ2n) is 10.7. The van der Waals surface area contributed by atoms with Crippen LogP contribution in [-0.4, -0.2) is 56.9 Å². The average Bonchev–Trinajstić information content (AvgIpc) is 3.55. The maximum absolute atomic E-state index is 14.2. The maximum atomic E-state index is 14.2. The molecule has 0 atom stereocenters. The van der Waals surface area contributed by atoms with Gasteiger partial charge in [-0.25, -0.2) is 8.42 Å². The highest BCUT2D eigenvalue weighted by Gasteiger charge is 2.35. The van der Waals surface area contributed by atoms with Crippen LogP contribution in [-0.2, 0) is 27.8 Å². The molecule has 1 amide bonds. The molecule has 1 aliphatic carbocycles. The van der Waals surface area contributed by atoms with Crippen LogP contribution in [0.3, 0.4) is 0 Å². The summed E-state index contributed by atoms with van der Waals surface area (Å²) in [6, 6.07) is 22.5. The zero-order chi connectivity index (χ0) is 29.5. The highest BCUT2D eigenvalue weighted by Crippen LogP contribution is 2.30. The van der Waals surface area contributed by atoms with Gasteiger partial charge in [-0.2, -0.15) is 4.31 Å². The van der Waals surface area contributed by atoms with Crippen molar-refractivity contribution < 1.29 is 22.7 Å². The summed E-state index contributed by atoms with van der Waals surface area (Å²) in [6.45, 7) is 0.691. The zero-order valence-corrected chi connectivity index (χ0v) is 25.8. The van der Waals surface area contributed by atoms with E-state index in [2.05, 4.69) is 0 Å². The van der Waals surface area contributed by atoms with E-state index in [4.69, 9.17) is 9.47 Å². The first-order valence-electron chi connectivity index (χ1n) is 14.4. The molecular formula is C33H38N2O5S2. The van der Waals surface area contributed by atoms with E-state index < -0.39 is 10.0 Å². The summed E-state index contributed by atoms with van der Waals surface area (Å²) in [6.07, 6.45) is 5.12. The Kier molecular flexibility index (Phi) is 9.82. The van der Waals surface area contributed by atoms with E-state index in [9.17, 15) is 13.2 Å². The number of sulfonamides is 1. The van der Waals surface area contributed by atoms with E-state index in [-0.39, 0.29) is 23.4 Å². The molecule has 0 unspecified atom stereocenters. The molecule has 0 aliphatic heterocycles. The number of fused-ring (bicyclic) bond motifs is 1. The van der Waals surface area contributed by atoms with Gasteiger partial charge in [0.1, 0.15) is 0 Å². The molecule has 1 saturated carbocycles. The molecule has 0 bridgehead atoms. The van der Waals surface area contributed by atoms with Crippen LogP contribution in [0.25, 0.3) is 10.8 Å². The quantitative estimate of drug-likeness (QED) is 0.184. The molecule has 0 spiro atoms. The number of thiophene rings is 1. The molecule has 0 N–H and O–H groups in total. The monoisotopic (exact) mass is 606 g/mol. The van der Waals surface area contributed by atoms with Crippen LogP contribution < -0.4 is 9.47 Å². The molecule has 1 aliphatic rings. The van der Waals surface area contributed by atoms with Gasteiger partial charge in [0.2, 0.25) is 15.9 Å². The molecule has 42 heavy (non-hydrogen) atoms. The Balaban J connectivity index is 1.41. The minimum atomic E-state index is -3.91. The summed E-state index contributed by atoms with van der Waals surface area (Å²) in [7, 11) is -0.707. The third kappa shape index (κ3) is 6.97. The van der Waals surface area contributed by atoms with Crippen LogP contribution in [0.1, 0.15) is 42.5 Å². The van der Waals surface area contributed by atoms with Gasteiger partial charge in [-0.3, -0.25) is 4.79 Å². The first kappa shape index (κ1) is 30.1. The molecule has 0 saturated heterocycles. The van der Waals surface area contributed by atoms with Crippen molar-refractivity contribution in [3.63, 3.8) is 0 Å². The predicted octanol–water partition coefficient (Wildman–Crippen LogP) is 6.51. The van der Waals surface area contributed by atoms with E-state index in [0.717, 1.165) is 53.3 Å². The number of carbonyl (C=O) groups is 1. The summed E-state index contributed by atoms with van der Waals surface area (Å²) in [5, 5.41) is 3.84. The van der Waals surface area contributed by atoms with E-state index in [1.165, 1.54) is 4.31 Å². The minimum absolute atomic E-state index is 0.183. The third-order valence-corrected chi connectivity index (χ3v) is 10.8. The summed E-state index contributed by atoms with van der Waals surface area (Å²) in [4.78, 5) is 17.1. The fourth-order valence-electron chi connectivity index (χ4n) is 5.66. The normalized spacial score (nSPS) is 14.3. The Labute approximate surface area is 252 Å². The molecule has 3 aromatic carbocycles. The molecule has 1 fully saturated rings. The van der Waals surface area contributed by atoms with Gasteiger partial charge >= 0.3 is 0 Å². The number of amides is 1. The summed E-state index contributed by atoms with van der Waals surface area (Å²) >= 11 is 1.59.